The number of hydrogen-bond donors (Lipinski definition) is 0. The van der Waals surface area contributed by atoms with E-state index < -0.39 is 63.6 Å². The summed E-state index contributed by atoms with van der Waals surface area (Å²) in [6, 6.07) is 0. The van der Waals surface area contributed by atoms with Crippen molar-refractivity contribution in [3.05, 3.63) is 34.6 Å². The third-order valence-corrected chi connectivity index (χ3v) is 7.08. The first-order valence-corrected chi connectivity index (χ1v) is 9.01. The van der Waals surface area contributed by atoms with E-state index in [0.29, 0.717) is 12.8 Å². The molecule has 0 spiro atoms. The largest absolute Gasteiger partial charge is 0.299 e. The highest BCUT2D eigenvalue weighted by Gasteiger charge is 2.40. The molecule has 0 radical (unpaired) electrons. The summed E-state index contributed by atoms with van der Waals surface area (Å²) < 4.78 is 79.0. The highest BCUT2D eigenvalue weighted by Crippen LogP contribution is 2.38. The summed E-state index contributed by atoms with van der Waals surface area (Å²) in [7, 11) is -1.01. The van der Waals surface area contributed by atoms with Crippen LogP contribution >= 0.6 is 0 Å². The van der Waals surface area contributed by atoms with Crippen LogP contribution in [0.2, 0.25) is 0 Å². The van der Waals surface area contributed by atoms with Gasteiger partial charge >= 0.3 is 0 Å². The van der Waals surface area contributed by atoms with Gasteiger partial charge in [0, 0.05) is 39.2 Å². The first kappa shape index (κ1) is 17.5. The van der Waals surface area contributed by atoms with Gasteiger partial charge in [-0.15, -0.1) is 0 Å². The normalized spacial score (nSPS) is 29.5. The van der Waals surface area contributed by atoms with Crippen LogP contribution in [0, 0.1) is 35.0 Å². The molecule has 0 aromatic heterocycles. The molecule has 2 aliphatic heterocycles. The van der Waals surface area contributed by atoms with Crippen LogP contribution in [0.1, 0.15) is 37.7 Å². The highest BCUT2D eigenvalue weighted by molar-refractivity contribution is 7.86. The molecule has 2 atom stereocenters. The summed E-state index contributed by atoms with van der Waals surface area (Å²) in [4.78, 5) is 12.3. The Morgan fingerprint density at radius 1 is 0.875 bits per heavy atom. The molecule has 0 amide bonds. The monoisotopic (exact) mass is 366 g/mol. The molecule has 2 unspecified atom stereocenters. The van der Waals surface area contributed by atoms with Crippen LogP contribution in [0.3, 0.4) is 0 Å². The number of carbonyl (C=O) groups is 1. The number of fused-ring (bicyclic) bond motifs is 2. The number of carbonyl (C=O) groups excluding carboxylic acids is 1. The number of benzene rings is 1. The van der Waals surface area contributed by atoms with Crippen molar-refractivity contribution in [1.29, 1.82) is 0 Å². The SMILES string of the molecule is O=C(Cc1c(F)c(F)c(F)c(F)c1F)C1CC2CCCC(C1)S2=O. The molecule has 2 heterocycles. The van der Waals surface area contributed by atoms with Crippen LogP contribution in [-0.2, 0) is 22.0 Å². The Labute approximate surface area is 137 Å². The molecule has 2 aliphatic rings. The number of hydrogen-bond acceptors (Lipinski definition) is 2. The Bertz CT molecular complexity index is 676. The van der Waals surface area contributed by atoms with Gasteiger partial charge in [0.2, 0.25) is 5.82 Å². The van der Waals surface area contributed by atoms with Crippen molar-refractivity contribution in [2.24, 2.45) is 5.92 Å². The molecular weight excluding hydrogens is 351 g/mol. The lowest BCUT2D eigenvalue weighted by molar-refractivity contribution is -0.123. The van der Waals surface area contributed by atoms with Crippen molar-refractivity contribution in [3.63, 3.8) is 0 Å². The minimum absolute atomic E-state index is 0.122. The molecule has 1 aromatic rings. The summed E-state index contributed by atoms with van der Waals surface area (Å²) in [5, 5.41) is -0.245. The van der Waals surface area contributed by atoms with Gasteiger partial charge in [0.05, 0.1) is 0 Å². The van der Waals surface area contributed by atoms with Gasteiger partial charge in [-0.3, -0.25) is 9.00 Å². The fourth-order valence-electron chi connectivity index (χ4n) is 3.62. The Hall–Kier alpha value is -1.31. The van der Waals surface area contributed by atoms with Crippen molar-refractivity contribution >= 4 is 16.6 Å². The van der Waals surface area contributed by atoms with E-state index in [1.807, 2.05) is 0 Å². The molecule has 0 saturated carbocycles. The summed E-state index contributed by atoms with van der Waals surface area (Å²) >= 11 is 0. The van der Waals surface area contributed by atoms with Crippen molar-refractivity contribution in [3.8, 4) is 0 Å². The van der Waals surface area contributed by atoms with Gasteiger partial charge in [-0.25, -0.2) is 22.0 Å². The zero-order valence-corrected chi connectivity index (χ0v) is 13.4. The van der Waals surface area contributed by atoms with E-state index in [4.69, 9.17) is 0 Å². The Morgan fingerprint density at radius 3 is 1.83 bits per heavy atom. The summed E-state index contributed by atoms with van der Waals surface area (Å²) in [5.41, 5.74) is -1.09. The number of ketones is 1. The molecule has 24 heavy (non-hydrogen) atoms. The van der Waals surface area contributed by atoms with Crippen LogP contribution < -0.4 is 0 Å². The van der Waals surface area contributed by atoms with Gasteiger partial charge < -0.3 is 0 Å². The van der Waals surface area contributed by atoms with Crippen molar-refractivity contribution in [2.75, 3.05) is 0 Å². The Balaban J connectivity index is 1.82. The number of Topliss-reactive ketones (excluding diaryl/α,β-unsaturated/α-hetero) is 1. The van der Waals surface area contributed by atoms with E-state index in [1.165, 1.54) is 0 Å². The third-order valence-electron chi connectivity index (χ3n) is 4.91. The highest BCUT2D eigenvalue weighted by atomic mass is 32.2. The maximum absolute atomic E-state index is 13.7. The average Bonchev–Trinajstić information content (AvgIpc) is 2.54. The Kier molecular flexibility index (Phi) is 4.77. The van der Waals surface area contributed by atoms with Crippen LogP contribution in [0.4, 0.5) is 22.0 Å². The molecule has 0 N–H and O–H groups in total. The second kappa shape index (κ2) is 6.54. The van der Waals surface area contributed by atoms with Crippen LogP contribution in [0.15, 0.2) is 0 Å². The first-order chi connectivity index (χ1) is 11.3. The zero-order valence-electron chi connectivity index (χ0n) is 12.6. The van der Waals surface area contributed by atoms with Gasteiger partial charge in [-0.2, -0.15) is 0 Å². The Morgan fingerprint density at radius 2 is 1.33 bits per heavy atom. The number of rotatable bonds is 3. The molecule has 1 aromatic carbocycles. The van der Waals surface area contributed by atoms with Crippen LogP contribution in [-0.4, -0.2) is 20.5 Å². The molecule has 3 rings (SSSR count). The van der Waals surface area contributed by atoms with Gasteiger partial charge in [0.15, 0.2) is 23.3 Å². The van der Waals surface area contributed by atoms with Crippen molar-refractivity contribution < 1.29 is 31.0 Å². The van der Waals surface area contributed by atoms with Crippen LogP contribution in [0.5, 0.6) is 0 Å². The molecule has 132 valence electrons. The maximum atomic E-state index is 13.7. The average molecular weight is 366 g/mol. The van der Waals surface area contributed by atoms with Gasteiger partial charge in [0.25, 0.3) is 0 Å². The maximum Gasteiger partial charge on any atom is 0.200 e. The summed E-state index contributed by atoms with van der Waals surface area (Å²) in [6.45, 7) is 0. The minimum Gasteiger partial charge on any atom is -0.299 e. The molecule has 2 saturated heterocycles. The lowest BCUT2D eigenvalue weighted by Crippen LogP contribution is -2.42. The van der Waals surface area contributed by atoms with E-state index in [2.05, 4.69) is 0 Å². The fourth-order valence-corrected chi connectivity index (χ4v) is 5.81. The number of halogens is 5. The second-order valence-corrected chi connectivity index (χ2v) is 8.35. The smallest absolute Gasteiger partial charge is 0.200 e. The molecule has 2 fully saturated rings. The van der Waals surface area contributed by atoms with Crippen LogP contribution in [0.25, 0.3) is 0 Å². The van der Waals surface area contributed by atoms with Crippen molar-refractivity contribution in [1.82, 2.24) is 0 Å². The predicted molar refractivity (Wildman–Crippen MR) is 77.2 cm³/mol. The van der Waals surface area contributed by atoms with Gasteiger partial charge in [-0.05, 0) is 25.7 Å². The lowest BCUT2D eigenvalue weighted by Gasteiger charge is -2.37. The molecule has 2 nitrogen and oxygen atoms in total. The summed E-state index contributed by atoms with van der Waals surface area (Å²) in [6.07, 6.45) is 2.24. The third kappa shape index (κ3) is 2.89. The van der Waals surface area contributed by atoms with E-state index in [1.54, 1.807) is 0 Å². The van der Waals surface area contributed by atoms with E-state index in [9.17, 15) is 31.0 Å². The van der Waals surface area contributed by atoms with E-state index in [0.717, 1.165) is 19.3 Å². The molecular formula is C16H15F5O2S. The minimum atomic E-state index is -2.23. The first-order valence-electron chi connectivity index (χ1n) is 7.73. The van der Waals surface area contributed by atoms with E-state index >= 15 is 0 Å². The molecule has 0 aliphatic carbocycles. The lowest BCUT2D eigenvalue weighted by atomic mass is 9.84. The summed E-state index contributed by atoms with van der Waals surface area (Å²) in [5.74, 6) is -11.3. The standard InChI is InChI=1S/C16H15F5O2S/c17-12-10(13(18)15(20)16(21)14(12)19)6-11(22)7-4-8-2-1-3-9(5-7)24(8)23/h7-9H,1-6H2. The topological polar surface area (TPSA) is 34.1 Å². The second-order valence-electron chi connectivity index (χ2n) is 6.36. The quantitative estimate of drug-likeness (QED) is 0.466. The molecule has 2 bridgehead atoms. The predicted octanol–water partition coefficient (Wildman–Crippen LogP) is 3.57. The van der Waals surface area contributed by atoms with Gasteiger partial charge in [-0.1, -0.05) is 6.42 Å². The molecule has 8 heteroatoms. The zero-order chi connectivity index (χ0) is 17.6. The van der Waals surface area contributed by atoms with E-state index in [-0.39, 0.29) is 10.5 Å². The fraction of sp³-hybridized carbons (Fsp3) is 0.562. The van der Waals surface area contributed by atoms with Crippen molar-refractivity contribution in [2.45, 2.75) is 49.0 Å². The van der Waals surface area contributed by atoms with Gasteiger partial charge in [0.1, 0.15) is 5.78 Å².